The maximum atomic E-state index is 12.6. The summed E-state index contributed by atoms with van der Waals surface area (Å²) >= 11 is 0. The Hall–Kier alpha value is -3.99. The second-order valence-electron chi connectivity index (χ2n) is 9.42. The maximum Gasteiger partial charge on any atom is 0.271 e. The Labute approximate surface area is 225 Å². The fourth-order valence-electron chi connectivity index (χ4n) is 3.56. The molecule has 0 aliphatic heterocycles. The van der Waals surface area contributed by atoms with Crippen molar-refractivity contribution in [3.05, 3.63) is 53.4 Å². The van der Waals surface area contributed by atoms with Gasteiger partial charge in [-0.2, -0.15) is 0 Å². The van der Waals surface area contributed by atoms with E-state index in [4.69, 9.17) is 5.73 Å². The summed E-state index contributed by atoms with van der Waals surface area (Å²) in [6.45, 7) is 4.71. The predicted molar refractivity (Wildman–Crippen MR) is 151 cm³/mol. The number of amides is 3. The van der Waals surface area contributed by atoms with Crippen molar-refractivity contribution < 1.29 is 14.4 Å². The van der Waals surface area contributed by atoms with Crippen LogP contribution in [0.25, 0.3) is 0 Å². The van der Waals surface area contributed by atoms with Gasteiger partial charge in [0.15, 0.2) is 17.3 Å². The van der Waals surface area contributed by atoms with E-state index in [0.717, 1.165) is 11.3 Å². The molecule has 0 radical (unpaired) electrons. The third kappa shape index (κ3) is 8.55. The van der Waals surface area contributed by atoms with Crippen LogP contribution in [0.4, 0.5) is 17.3 Å². The van der Waals surface area contributed by atoms with Crippen molar-refractivity contribution in [1.29, 1.82) is 0 Å². The molecule has 2 rings (SSSR count). The number of anilines is 3. The zero-order valence-corrected chi connectivity index (χ0v) is 23.4. The van der Waals surface area contributed by atoms with Crippen molar-refractivity contribution in [2.24, 2.45) is 5.73 Å². The van der Waals surface area contributed by atoms with Crippen molar-refractivity contribution in [3.63, 3.8) is 0 Å². The lowest BCUT2D eigenvalue weighted by molar-refractivity contribution is -0.125. The van der Waals surface area contributed by atoms with E-state index in [1.165, 1.54) is 11.0 Å². The first-order chi connectivity index (χ1) is 17.9. The Morgan fingerprint density at radius 1 is 1.11 bits per heavy atom. The molecule has 0 spiro atoms. The fraction of sp³-hybridized carbons (Fsp3) is 0.444. The highest BCUT2D eigenvalue weighted by Crippen LogP contribution is 2.24. The van der Waals surface area contributed by atoms with Gasteiger partial charge in [-0.3, -0.25) is 19.3 Å². The van der Waals surface area contributed by atoms with Crippen LogP contribution >= 0.6 is 0 Å². The first-order valence-electron chi connectivity index (χ1n) is 12.5. The van der Waals surface area contributed by atoms with Crippen LogP contribution in [0.15, 0.2) is 36.4 Å². The minimum absolute atomic E-state index is 0.0872. The number of aryl methyl sites for hydroxylation is 1. The molecule has 38 heavy (non-hydrogen) atoms. The zero-order chi connectivity index (χ0) is 28.4. The Morgan fingerprint density at radius 2 is 1.82 bits per heavy atom. The van der Waals surface area contributed by atoms with E-state index < -0.39 is 5.91 Å². The molecule has 0 unspecified atom stereocenters. The fourth-order valence-corrected chi connectivity index (χ4v) is 3.56. The molecule has 1 aromatic heterocycles. The summed E-state index contributed by atoms with van der Waals surface area (Å²) in [5, 5.41) is 6.14. The van der Waals surface area contributed by atoms with Crippen LogP contribution in [0.1, 0.15) is 35.6 Å². The summed E-state index contributed by atoms with van der Waals surface area (Å²) in [5.74, 6) is 0.112. The molecule has 1 atom stereocenters. The average molecular weight is 525 g/mol. The number of nitrogens with two attached hydrogens (primary N) is 1. The second kappa shape index (κ2) is 14.1. The molecule has 1 aromatic carbocycles. The number of nitrogens with zero attached hydrogens (tertiary/aromatic N) is 5. The molecule has 206 valence electrons. The number of carbonyl (C=O) groups excluding carboxylic acids is 3. The number of primary amides is 1. The molecule has 0 saturated carbocycles. The molecule has 0 bridgehead atoms. The van der Waals surface area contributed by atoms with Gasteiger partial charge in [0.25, 0.3) is 5.91 Å². The molecule has 0 fully saturated rings. The Balaban J connectivity index is 2.01. The maximum absolute atomic E-state index is 12.6. The summed E-state index contributed by atoms with van der Waals surface area (Å²) in [7, 11) is 8.95. The van der Waals surface area contributed by atoms with Gasteiger partial charge in [-0.25, -0.2) is 9.97 Å². The van der Waals surface area contributed by atoms with E-state index in [9.17, 15) is 14.4 Å². The molecule has 11 nitrogen and oxygen atoms in total. The molecular formula is C27H40N8O3. The summed E-state index contributed by atoms with van der Waals surface area (Å²) in [5.41, 5.74) is 8.08. The van der Waals surface area contributed by atoms with Crippen LogP contribution < -0.4 is 21.3 Å². The van der Waals surface area contributed by atoms with Gasteiger partial charge in [0.05, 0.1) is 11.7 Å². The number of rotatable bonds is 13. The summed E-state index contributed by atoms with van der Waals surface area (Å²) < 4.78 is 0. The first kappa shape index (κ1) is 30.2. The molecule has 0 aliphatic carbocycles. The van der Waals surface area contributed by atoms with Crippen LogP contribution in [-0.2, 0) is 22.4 Å². The highest BCUT2D eigenvalue weighted by molar-refractivity contribution is 5.96. The highest BCUT2D eigenvalue weighted by Gasteiger charge is 2.19. The van der Waals surface area contributed by atoms with Crippen LogP contribution in [0.2, 0.25) is 0 Å². The van der Waals surface area contributed by atoms with E-state index in [2.05, 4.69) is 20.6 Å². The third-order valence-electron chi connectivity index (χ3n) is 5.98. The standard InChI is InChI=1S/C27H40N8O3/c1-8-21-26(34(5)6)32-25(23(31-21)24(28)37)30-20-12-9-11-19(17-20)14-15-29-27(38)18(2)35(7)16-10-13-22(36)33(3)4/h9-13,17-18H,8,14-16H2,1-7H3,(H2,28,37)(H,29,38)(H,30,32)/b13-10+/t18-/m0/s1. The molecule has 1 heterocycles. The van der Waals surface area contributed by atoms with E-state index in [1.54, 1.807) is 20.2 Å². The smallest absolute Gasteiger partial charge is 0.271 e. The third-order valence-corrected chi connectivity index (χ3v) is 5.98. The predicted octanol–water partition coefficient (Wildman–Crippen LogP) is 1.57. The largest absolute Gasteiger partial charge is 0.364 e. The summed E-state index contributed by atoms with van der Waals surface area (Å²) in [4.78, 5) is 50.6. The lowest BCUT2D eigenvalue weighted by atomic mass is 10.1. The van der Waals surface area contributed by atoms with Crippen molar-refractivity contribution in [3.8, 4) is 0 Å². The van der Waals surface area contributed by atoms with Gasteiger partial charge in [0.1, 0.15) is 0 Å². The number of likely N-dealkylation sites (N-methyl/N-ethyl adjacent to an activating group) is 2. The highest BCUT2D eigenvalue weighted by atomic mass is 16.2. The Morgan fingerprint density at radius 3 is 2.42 bits per heavy atom. The van der Waals surface area contributed by atoms with Gasteiger partial charge in [-0.05, 0) is 44.5 Å². The molecular weight excluding hydrogens is 484 g/mol. The van der Waals surface area contributed by atoms with Gasteiger partial charge in [0, 0.05) is 53.0 Å². The minimum Gasteiger partial charge on any atom is -0.364 e. The van der Waals surface area contributed by atoms with Crippen LogP contribution in [0.3, 0.4) is 0 Å². The zero-order valence-electron chi connectivity index (χ0n) is 23.4. The molecule has 0 saturated heterocycles. The van der Waals surface area contributed by atoms with E-state index >= 15 is 0 Å². The monoisotopic (exact) mass is 524 g/mol. The van der Waals surface area contributed by atoms with Gasteiger partial charge in [-0.1, -0.05) is 25.1 Å². The SMILES string of the molecule is CCc1nc(C(N)=O)c(Nc2cccc(CCNC(=O)[C@H](C)N(C)C/C=C/C(=O)N(C)C)c2)nc1N(C)C. The number of hydrogen-bond acceptors (Lipinski definition) is 8. The second-order valence-corrected chi connectivity index (χ2v) is 9.42. The first-order valence-corrected chi connectivity index (χ1v) is 12.5. The molecule has 3 amide bonds. The summed E-state index contributed by atoms with van der Waals surface area (Å²) in [6, 6.07) is 7.30. The molecule has 11 heteroatoms. The normalized spacial score (nSPS) is 11.9. The lowest BCUT2D eigenvalue weighted by Gasteiger charge is -2.22. The van der Waals surface area contributed by atoms with Crippen molar-refractivity contribution >= 4 is 35.0 Å². The van der Waals surface area contributed by atoms with Crippen molar-refractivity contribution in [2.75, 3.05) is 58.5 Å². The summed E-state index contributed by atoms with van der Waals surface area (Å²) in [6.07, 6.45) is 4.47. The minimum atomic E-state index is -0.655. The van der Waals surface area contributed by atoms with E-state index in [-0.39, 0.29) is 23.6 Å². The van der Waals surface area contributed by atoms with Crippen molar-refractivity contribution in [2.45, 2.75) is 32.7 Å². The van der Waals surface area contributed by atoms with Gasteiger partial charge < -0.3 is 26.2 Å². The van der Waals surface area contributed by atoms with Gasteiger partial charge in [-0.15, -0.1) is 0 Å². The number of hydrogen-bond donors (Lipinski definition) is 3. The van der Waals surface area contributed by atoms with Crippen LogP contribution in [0, 0.1) is 0 Å². The van der Waals surface area contributed by atoms with E-state index in [1.807, 2.05) is 69.1 Å². The Kier molecular flexibility index (Phi) is 11.2. The van der Waals surface area contributed by atoms with Crippen LogP contribution in [0.5, 0.6) is 0 Å². The molecule has 4 N–H and O–H groups in total. The average Bonchev–Trinajstić information content (AvgIpc) is 2.87. The van der Waals surface area contributed by atoms with Crippen molar-refractivity contribution in [1.82, 2.24) is 25.1 Å². The Bertz CT molecular complexity index is 1160. The van der Waals surface area contributed by atoms with Crippen LogP contribution in [-0.4, -0.2) is 91.9 Å². The molecule has 0 aliphatic rings. The molecule has 2 aromatic rings. The van der Waals surface area contributed by atoms with Gasteiger partial charge in [0.2, 0.25) is 11.8 Å². The number of benzene rings is 1. The number of aromatic nitrogens is 2. The van der Waals surface area contributed by atoms with Gasteiger partial charge >= 0.3 is 0 Å². The topological polar surface area (TPSA) is 137 Å². The number of carbonyl (C=O) groups is 3. The number of nitrogens with one attached hydrogen (secondary N) is 2. The quantitative estimate of drug-likeness (QED) is 0.336. The van der Waals surface area contributed by atoms with E-state index in [0.29, 0.717) is 43.3 Å². The lowest BCUT2D eigenvalue weighted by Crippen LogP contribution is -2.43.